The zero-order valence-electron chi connectivity index (χ0n) is 11.1. The van der Waals surface area contributed by atoms with E-state index in [-0.39, 0.29) is 5.82 Å². The average molecular weight is 369 g/mol. The molecule has 0 atom stereocenters. The number of aromatic nitrogens is 3. The molecule has 0 saturated carbocycles. The van der Waals surface area contributed by atoms with Crippen LogP contribution >= 0.6 is 27.5 Å². The highest BCUT2D eigenvalue weighted by molar-refractivity contribution is 9.10. The van der Waals surface area contributed by atoms with Crippen molar-refractivity contribution in [3.63, 3.8) is 0 Å². The average Bonchev–Trinajstić information content (AvgIpc) is 2.83. The molecule has 1 aromatic carbocycles. The van der Waals surface area contributed by atoms with Crippen molar-refractivity contribution >= 4 is 38.6 Å². The van der Waals surface area contributed by atoms with Gasteiger partial charge in [-0.2, -0.15) is 0 Å². The lowest BCUT2D eigenvalue weighted by Gasteiger charge is -2.08. The van der Waals surface area contributed by atoms with Crippen molar-refractivity contribution in [1.82, 2.24) is 14.5 Å². The molecule has 0 bridgehead atoms. The lowest BCUT2D eigenvalue weighted by molar-refractivity contribution is 0.620. The van der Waals surface area contributed by atoms with Crippen molar-refractivity contribution in [1.29, 1.82) is 0 Å². The first-order valence-corrected chi connectivity index (χ1v) is 7.81. The lowest BCUT2D eigenvalue weighted by Crippen LogP contribution is -2.05. The highest BCUT2D eigenvalue weighted by atomic mass is 79.9. The van der Waals surface area contributed by atoms with E-state index < -0.39 is 0 Å². The maximum Gasteiger partial charge on any atom is 0.139 e. The fourth-order valence-corrected chi connectivity index (χ4v) is 2.85. The number of aryl methyl sites for hydroxylation is 2. The minimum atomic E-state index is -0.298. The molecule has 108 valence electrons. The van der Waals surface area contributed by atoms with Gasteiger partial charge in [0.25, 0.3) is 0 Å². The second kappa shape index (κ2) is 6.12. The van der Waals surface area contributed by atoms with Gasteiger partial charge in [0.2, 0.25) is 0 Å². The normalized spacial score (nSPS) is 11.2. The molecule has 0 fully saturated rings. The van der Waals surface area contributed by atoms with Crippen molar-refractivity contribution in [2.45, 2.75) is 18.8 Å². The number of nitrogens with zero attached hydrogens (tertiary/aromatic N) is 3. The Hall–Kier alpha value is -1.46. The number of hydrogen-bond donors (Lipinski definition) is 0. The first kappa shape index (κ1) is 14.5. The zero-order chi connectivity index (χ0) is 14.8. The quantitative estimate of drug-likeness (QED) is 0.642. The van der Waals surface area contributed by atoms with E-state index in [1.807, 2.05) is 16.7 Å². The van der Waals surface area contributed by atoms with Crippen LogP contribution in [0, 0.1) is 5.82 Å². The Morgan fingerprint density at radius 1 is 1.24 bits per heavy atom. The minimum Gasteiger partial charge on any atom is -0.327 e. The summed E-state index contributed by atoms with van der Waals surface area (Å²) in [6, 6.07) is 7.12. The summed E-state index contributed by atoms with van der Waals surface area (Å²) in [6.07, 6.45) is 4.34. The topological polar surface area (TPSA) is 30.7 Å². The molecular weight excluding hydrogens is 357 g/mol. The number of imidazole rings is 1. The Kier molecular flexibility index (Phi) is 4.22. The van der Waals surface area contributed by atoms with E-state index in [0.717, 1.165) is 23.3 Å². The number of benzene rings is 1. The van der Waals surface area contributed by atoms with Crippen LogP contribution in [0.25, 0.3) is 11.0 Å². The fourth-order valence-electron chi connectivity index (χ4n) is 2.31. The molecule has 2 heterocycles. The molecule has 3 aromatic rings. The molecule has 2 aromatic heterocycles. The van der Waals surface area contributed by atoms with Crippen LogP contribution in [0.3, 0.4) is 0 Å². The Labute approximate surface area is 134 Å². The van der Waals surface area contributed by atoms with E-state index >= 15 is 0 Å². The van der Waals surface area contributed by atoms with Crippen LogP contribution in [0.4, 0.5) is 4.39 Å². The van der Waals surface area contributed by atoms with Gasteiger partial charge >= 0.3 is 0 Å². The highest BCUT2D eigenvalue weighted by Crippen LogP contribution is 2.25. The molecule has 0 amide bonds. The molecule has 0 radical (unpaired) electrons. The van der Waals surface area contributed by atoms with Gasteiger partial charge in [-0.3, -0.25) is 4.98 Å². The van der Waals surface area contributed by atoms with Gasteiger partial charge in [-0.25, -0.2) is 9.37 Å². The summed E-state index contributed by atoms with van der Waals surface area (Å²) in [4.78, 5) is 8.47. The smallest absolute Gasteiger partial charge is 0.139 e. The maximum absolute atomic E-state index is 13.8. The number of hydrogen-bond acceptors (Lipinski definition) is 2. The molecular formula is C15H12BrClFN3. The van der Waals surface area contributed by atoms with E-state index in [0.29, 0.717) is 16.9 Å². The third-order valence-electron chi connectivity index (χ3n) is 3.36. The second-order valence-electron chi connectivity index (χ2n) is 4.67. The number of halogens is 3. The van der Waals surface area contributed by atoms with Gasteiger partial charge in [0.05, 0.1) is 21.4 Å². The predicted molar refractivity (Wildman–Crippen MR) is 84.9 cm³/mol. The molecule has 0 aliphatic rings. The van der Waals surface area contributed by atoms with Gasteiger partial charge in [0, 0.05) is 25.0 Å². The highest BCUT2D eigenvalue weighted by Gasteiger charge is 2.13. The number of pyridine rings is 1. The zero-order valence-corrected chi connectivity index (χ0v) is 13.4. The van der Waals surface area contributed by atoms with Crippen LogP contribution in [0.15, 0.2) is 41.1 Å². The fraction of sp³-hybridized carbons (Fsp3) is 0.200. The van der Waals surface area contributed by atoms with Crippen LogP contribution in [0.1, 0.15) is 11.4 Å². The van der Waals surface area contributed by atoms with Crippen molar-refractivity contribution in [2.75, 3.05) is 0 Å². The van der Waals surface area contributed by atoms with Crippen LogP contribution in [0.5, 0.6) is 0 Å². The Balaban J connectivity index is 1.98. The van der Waals surface area contributed by atoms with E-state index in [4.69, 9.17) is 11.6 Å². The molecule has 0 aliphatic heterocycles. The van der Waals surface area contributed by atoms with Crippen LogP contribution in [-0.2, 0) is 18.8 Å². The van der Waals surface area contributed by atoms with Gasteiger partial charge in [-0.05, 0) is 46.1 Å². The molecule has 6 heteroatoms. The summed E-state index contributed by atoms with van der Waals surface area (Å²) in [5, 5.41) is 0. The monoisotopic (exact) mass is 367 g/mol. The molecule has 0 saturated heterocycles. The molecule has 0 N–H and O–H groups in total. The summed E-state index contributed by atoms with van der Waals surface area (Å²) in [5.74, 6) is 0.747. The third kappa shape index (κ3) is 2.94. The first-order chi connectivity index (χ1) is 10.2. The van der Waals surface area contributed by atoms with Crippen molar-refractivity contribution < 1.29 is 4.39 Å². The van der Waals surface area contributed by atoms with Crippen LogP contribution in [0.2, 0.25) is 0 Å². The standard InChI is InChI=1S/C15H12BrClFN3/c16-11-7-13-14(8-12(11)18)21(15(9-17)20-13)6-3-10-1-4-19-5-2-10/h1-2,4-5,7-8H,3,6,9H2. The van der Waals surface area contributed by atoms with E-state index in [9.17, 15) is 4.39 Å². The Morgan fingerprint density at radius 2 is 2.00 bits per heavy atom. The number of alkyl halides is 1. The summed E-state index contributed by atoms with van der Waals surface area (Å²) in [6.45, 7) is 0.698. The van der Waals surface area contributed by atoms with Gasteiger partial charge in [0.15, 0.2) is 0 Å². The van der Waals surface area contributed by atoms with Crippen molar-refractivity contribution in [3.8, 4) is 0 Å². The molecule has 0 spiro atoms. The van der Waals surface area contributed by atoms with Gasteiger partial charge in [-0.1, -0.05) is 0 Å². The van der Waals surface area contributed by atoms with Crippen molar-refractivity contribution in [3.05, 3.63) is 58.3 Å². The Bertz CT molecular complexity index is 773. The largest absolute Gasteiger partial charge is 0.327 e. The predicted octanol–water partition coefficient (Wildman–Crippen LogP) is 4.31. The summed E-state index contributed by atoms with van der Waals surface area (Å²) in [5.41, 5.74) is 2.68. The molecule has 3 rings (SSSR count). The second-order valence-corrected chi connectivity index (χ2v) is 5.80. The van der Waals surface area contributed by atoms with Crippen molar-refractivity contribution in [2.24, 2.45) is 0 Å². The maximum atomic E-state index is 13.8. The van der Waals surface area contributed by atoms with Gasteiger partial charge in [-0.15, -0.1) is 11.6 Å². The van der Waals surface area contributed by atoms with Crippen LogP contribution < -0.4 is 0 Å². The van der Waals surface area contributed by atoms with Gasteiger partial charge in [0.1, 0.15) is 11.6 Å². The summed E-state index contributed by atoms with van der Waals surface area (Å²) < 4.78 is 16.2. The minimum absolute atomic E-state index is 0.296. The SMILES string of the molecule is Fc1cc2c(cc1Br)nc(CCl)n2CCc1ccncc1. The summed E-state index contributed by atoms with van der Waals surface area (Å²) in [7, 11) is 0. The lowest BCUT2D eigenvalue weighted by atomic mass is 10.2. The Morgan fingerprint density at radius 3 is 2.71 bits per heavy atom. The summed E-state index contributed by atoms with van der Waals surface area (Å²) >= 11 is 9.15. The van der Waals surface area contributed by atoms with E-state index in [1.54, 1.807) is 18.5 Å². The number of fused-ring (bicyclic) bond motifs is 1. The molecule has 0 unspecified atom stereocenters. The molecule has 0 aliphatic carbocycles. The first-order valence-electron chi connectivity index (χ1n) is 6.48. The van der Waals surface area contributed by atoms with Crippen LogP contribution in [-0.4, -0.2) is 14.5 Å². The molecule has 21 heavy (non-hydrogen) atoms. The van der Waals surface area contributed by atoms with E-state index in [1.165, 1.54) is 11.6 Å². The van der Waals surface area contributed by atoms with E-state index in [2.05, 4.69) is 25.9 Å². The molecule has 3 nitrogen and oxygen atoms in total. The number of rotatable bonds is 4. The third-order valence-corrected chi connectivity index (χ3v) is 4.21. The van der Waals surface area contributed by atoms with Gasteiger partial charge < -0.3 is 4.57 Å².